The smallest absolute Gasteiger partial charge is 0.337 e. The van der Waals surface area contributed by atoms with Gasteiger partial charge in [-0.05, 0) is 78.8 Å². The van der Waals surface area contributed by atoms with Crippen molar-refractivity contribution in [2.24, 2.45) is 5.92 Å². The highest BCUT2D eigenvalue weighted by Gasteiger charge is 2.17. The molecule has 3 aromatic carbocycles. The van der Waals surface area contributed by atoms with Crippen LogP contribution < -0.4 is 10.1 Å². The van der Waals surface area contributed by atoms with Gasteiger partial charge in [0.25, 0.3) is 5.91 Å². The van der Waals surface area contributed by atoms with Crippen LogP contribution in [-0.2, 0) is 12.8 Å². The van der Waals surface area contributed by atoms with Gasteiger partial charge in [-0.25, -0.2) is 4.79 Å². The molecule has 0 atom stereocenters. The van der Waals surface area contributed by atoms with E-state index in [2.05, 4.69) is 43.4 Å². The normalized spacial score (nSPS) is 10.9. The third-order valence-corrected chi connectivity index (χ3v) is 5.99. The van der Waals surface area contributed by atoms with Gasteiger partial charge in [0, 0.05) is 17.0 Å². The predicted octanol–water partition coefficient (Wildman–Crippen LogP) is 6.73. The van der Waals surface area contributed by atoms with Crippen LogP contribution in [-0.4, -0.2) is 23.6 Å². The monoisotopic (exact) mass is 479 g/mol. The van der Waals surface area contributed by atoms with Crippen molar-refractivity contribution in [2.45, 2.75) is 40.5 Å². The van der Waals surface area contributed by atoms with Crippen LogP contribution in [0.2, 0.25) is 5.02 Å². The van der Waals surface area contributed by atoms with E-state index >= 15 is 0 Å². The molecule has 0 saturated heterocycles. The molecule has 0 heterocycles. The zero-order valence-electron chi connectivity index (χ0n) is 19.9. The lowest BCUT2D eigenvalue weighted by Gasteiger charge is -2.15. The van der Waals surface area contributed by atoms with Crippen LogP contribution in [0.5, 0.6) is 5.75 Å². The molecular weight excluding hydrogens is 450 g/mol. The Labute approximate surface area is 205 Å². The van der Waals surface area contributed by atoms with Crippen LogP contribution >= 0.6 is 11.6 Å². The second-order valence-corrected chi connectivity index (χ2v) is 9.26. The lowest BCUT2D eigenvalue weighted by Crippen LogP contribution is -2.16. The minimum Gasteiger partial charge on any atom is -0.493 e. The highest BCUT2D eigenvalue weighted by atomic mass is 35.5. The topological polar surface area (TPSA) is 75.6 Å². The summed E-state index contributed by atoms with van der Waals surface area (Å²) < 4.78 is 6.01. The van der Waals surface area contributed by atoms with Crippen molar-refractivity contribution in [3.8, 4) is 5.75 Å². The number of carboxylic acid groups (broad SMARTS) is 1. The van der Waals surface area contributed by atoms with Crippen molar-refractivity contribution in [2.75, 3.05) is 11.9 Å². The molecule has 0 radical (unpaired) electrons. The average Bonchev–Trinajstić information content (AvgIpc) is 2.78. The van der Waals surface area contributed by atoms with Crippen LogP contribution in [0.1, 0.15) is 56.8 Å². The Morgan fingerprint density at radius 3 is 2.26 bits per heavy atom. The number of benzene rings is 3. The van der Waals surface area contributed by atoms with Crippen LogP contribution in [0.25, 0.3) is 0 Å². The largest absolute Gasteiger partial charge is 0.493 e. The van der Waals surface area contributed by atoms with Crippen LogP contribution in [0, 0.1) is 19.8 Å². The zero-order chi connectivity index (χ0) is 24.8. The first-order chi connectivity index (χ1) is 16.2. The van der Waals surface area contributed by atoms with Gasteiger partial charge in [-0.2, -0.15) is 0 Å². The van der Waals surface area contributed by atoms with E-state index in [0.717, 1.165) is 29.7 Å². The fourth-order valence-electron chi connectivity index (χ4n) is 3.78. The molecule has 5 nitrogen and oxygen atoms in total. The van der Waals surface area contributed by atoms with E-state index in [0.29, 0.717) is 18.1 Å². The molecule has 0 saturated carbocycles. The summed E-state index contributed by atoms with van der Waals surface area (Å²) in [7, 11) is 0. The molecule has 0 bridgehead atoms. The Morgan fingerprint density at radius 1 is 0.941 bits per heavy atom. The molecule has 0 spiro atoms. The molecule has 0 aliphatic heterocycles. The Morgan fingerprint density at radius 2 is 1.62 bits per heavy atom. The molecule has 178 valence electrons. The highest BCUT2D eigenvalue weighted by Crippen LogP contribution is 2.27. The minimum atomic E-state index is -1.16. The van der Waals surface area contributed by atoms with Gasteiger partial charge >= 0.3 is 5.97 Å². The summed E-state index contributed by atoms with van der Waals surface area (Å²) in [6.45, 7) is 8.72. The predicted molar refractivity (Wildman–Crippen MR) is 136 cm³/mol. The fourth-order valence-corrected chi connectivity index (χ4v) is 3.95. The first-order valence-electron chi connectivity index (χ1n) is 11.3. The van der Waals surface area contributed by atoms with Gasteiger partial charge in [0.05, 0.1) is 17.9 Å². The molecule has 0 aliphatic rings. The van der Waals surface area contributed by atoms with E-state index in [1.807, 2.05) is 13.8 Å². The molecule has 3 aromatic rings. The molecule has 0 fully saturated rings. The maximum absolute atomic E-state index is 12.9. The van der Waals surface area contributed by atoms with Gasteiger partial charge in [-0.15, -0.1) is 0 Å². The number of hydrogen-bond donors (Lipinski definition) is 2. The number of carbonyl (C=O) groups excluding carboxylic acids is 1. The number of hydrogen-bond acceptors (Lipinski definition) is 3. The maximum Gasteiger partial charge on any atom is 0.337 e. The van der Waals surface area contributed by atoms with Crippen molar-refractivity contribution < 1.29 is 19.4 Å². The molecule has 6 heteroatoms. The van der Waals surface area contributed by atoms with Crippen molar-refractivity contribution in [1.82, 2.24) is 0 Å². The number of carbonyl (C=O) groups is 2. The van der Waals surface area contributed by atoms with Gasteiger partial charge in [0.2, 0.25) is 0 Å². The van der Waals surface area contributed by atoms with Crippen molar-refractivity contribution in [1.29, 1.82) is 0 Å². The number of ether oxygens (including phenoxy) is 1. The first-order valence-corrected chi connectivity index (χ1v) is 11.7. The van der Waals surface area contributed by atoms with Crippen LogP contribution in [0.4, 0.5) is 5.69 Å². The highest BCUT2D eigenvalue weighted by molar-refractivity contribution is 6.31. The first kappa shape index (κ1) is 25.3. The number of halogens is 1. The van der Waals surface area contributed by atoms with Crippen LogP contribution in [0.15, 0.2) is 54.6 Å². The number of anilines is 1. The fraction of sp³-hybridized carbons (Fsp3) is 0.286. The SMILES string of the molecule is Cc1c(OCCc2ccc(CC(C)C)cc2)ccc(C(=O)Nc2ccc(Cl)cc2C(=O)O)c1C. The molecule has 0 aliphatic carbocycles. The minimum absolute atomic E-state index is 0.0626. The van der Waals surface area contributed by atoms with E-state index in [1.54, 1.807) is 12.1 Å². The van der Waals surface area contributed by atoms with E-state index in [4.69, 9.17) is 16.3 Å². The molecule has 0 aromatic heterocycles. The van der Waals surface area contributed by atoms with Crippen molar-refractivity contribution in [3.63, 3.8) is 0 Å². The summed E-state index contributed by atoms with van der Waals surface area (Å²) in [5.74, 6) is -0.193. The molecule has 0 unspecified atom stereocenters. The van der Waals surface area contributed by atoms with Gasteiger partial charge in [-0.3, -0.25) is 4.79 Å². The molecule has 3 rings (SSSR count). The summed E-state index contributed by atoms with van der Waals surface area (Å²) in [6, 6.07) is 16.5. The van der Waals surface area contributed by atoms with Gasteiger partial charge in [0.15, 0.2) is 0 Å². The van der Waals surface area contributed by atoms with Gasteiger partial charge in [0.1, 0.15) is 5.75 Å². The molecule has 2 N–H and O–H groups in total. The Balaban J connectivity index is 1.65. The molecular formula is C28H30ClNO4. The summed E-state index contributed by atoms with van der Waals surface area (Å²) in [5, 5.41) is 12.4. The number of aromatic carboxylic acids is 1. The van der Waals surface area contributed by atoms with E-state index in [9.17, 15) is 14.7 Å². The number of rotatable bonds is 9. The van der Waals surface area contributed by atoms with Gasteiger partial charge in [-0.1, -0.05) is 49.7 Å². The summed E-state index contributed by atoms with van der Waals surface area (Å²) in [4.78, 5) is 24.4. The van der Waals surface area contributed by atoms with Crippen molar-refractivity contribution in [3.05, 3.63) is 93.0 Å². The third kappa shape index (κ3) is 6.39. The number of carboxylic acids is 1. The standard InChI is InChI=1S/C28H30ClNO4/c1-17(2)15-21-7-5-20(6-8-21)13-14-34-26-12-10-23(18(3)19(26)4)27(31)30-25-11-9-22(29)16-24(25)28(32)33/h5-12,16-17H,13-15H2,1-4H3,(H,30,31)(H,32,33). The second kappa shape index (κ2) is 11.2. The maximum atomic E-state index is 12.9. The Kier molecular flexibility index (Phi) is 8.35. The Bertz CT molecular complexity index is 1190. The van der Waals surface area contributed by atoms with E-state index in [-0.39, 0.29) is 16.3 Å². The number of amides is 1. The lowest BCUT2D eigenvalue weighted by molar-refractivity contribution is 0.0698. The lowest BCUT2D eigenvalue weighted by atomic mass is 10.0. The van der Waals surface area contributed by atoms with Crippen LogP contribution in [0.3, 0.4) is 0 Å². The number of nitrogens with one attached hydrogen (secondary N) is 1. The molecule has 1 amide bonds. The zero-order valence-corrected chi connectivity index (χ0v) is 20.7. The van der Waals surface area contributed by atoms with Gasteiger partial charge < -0.3 is 15.2 Å². The van der Waals surface area contributed by atoms with Crippen molar-refractivity contribution >= 4 is 29.2 Å². The Hall–Kier alpha value is -3.31. The average molecular weight is 480 g/mol. The third-order valence-electron chi connectivity index (χ3n) is 5.76. The molecule has 34 heavy (non-hydrogen) atoms. The summed E-state index contributed by atoms with van der Waals surface area (Å²) >= 11 is 5.89. The van der Waals surface area contributed by atoms with E-state index in [1.165, 1.54) is 29.3 Å². The quantitative estimate of drug-likeness (QED) is 0.357. The summed E-state index contributed by atoms with van der Waals surface area (Å²) in [5.41, 5.74) is 4.79. The second-order valence-electron chi connectivity index (χ2n) is 8.82. The van der Waals surface area contributed by atoms with E-state index < -0.39 is 11.9 Å². The summed E-state index contributed by atoms with van der Waals surface area (Å²) in [6.07, 6.45) is 1.86.